The van der Waals surface area contributed by atoms with Crippen LogP contribution < -0.4 is 10.5 Å². The number of halogens is 2. The molecule has 2 rings (SSSR count). The van der Waals surface area contributed by atoms with Gasteiger partial charge in [-0.3, -0.25) is 4.72 Å². The average Bonchev–Trinajstić information content (AvgIpc) is 2.34. The molecular formula is C12H10ClFN2O2S. The Balaban J connectivity index is 2.30. The Bertz CT molecular complexity index is 702. The molecule has 0 atom stereocenters. The predicted octanol–water partition coefficient (Wildman–Crippen LogP) is 2.86. The first-order valence-electron chi connectivity index (χ1n) is 5.22. The van der Waals surface area contributed by atoms with Crippen molar-refractivity contribution in [3.05, 3.63) is 53.3 Å². The normalized spacial score (nSPS) is 11.3. The van der Waals surface area contributed by atoms with E-state index < -0.39 is 15.8 Å². The Morgan fingerprint density at radius 3 is 2.32 bits per heavy atom. The molecule has 3 N–H and O–H groups in total. The summed E-state index contributed by atoms with van der Waals surface area (Å²) < 4.78 is 39.5. The molecule has 0 aliphatic heterocycles. The molecule has 0 radical (unpaired) electrons. The molecule has 0 aliphatic rings. The van der Waals surface area contributed by atoms with E-state index in [4.69, 9.17) is 17.3 Å². The van der Waals surface area contributed by atoms with Crippen LogP contribution in [0.4, 0.5) is 15.8 Å². The van der Waals surface area contributed by atoms with Crippen LogP contribution in [0.15, 0.2) is 47.4 Å². The second-order valence-corrected chi connectivity index (χ2v) is 5.89. The smallest absolute Gasteiger partial charge is 0.261 e. The van der Waals surface area contributed by atoms with Crippen molar-refractivity contribution in [2.45, 2.75) is 4.90 Å². The molecule has 0 unspecified atom stereocenters. The number of rotatable bonds is 3. The number of sulfonamides is 1. The van der Waals surface area contributed by atoms with E-state index in [0.717, 1.165) is 6.07 Å². The summed E-state index contributed by atoms with van der Waals surface area (Å²) in [7, 11) is -3.78. The van der Waals surface area contributed by atoms with Gasteiger partial charge in [0.05, 0.1) is 15.6 Å². The van der Waals surface area contributed by atoms with E-state index in [2.05, 4.69) is 4.72 Å². The highest BCUT2D eigenvalue weighted by Crippen LogP contribution is 2.21. The van der Waals surface area contributed by atoms with Crippen LogP contribution >= 0.6 is 11.6 Å². The Morgan fingerprint density at radius 1 is 1.11 bits per heavy atom. The Kier molecular flexibility index (Phi) is 3.64. The topological polar surface area (TPSA) is 72.2 Å². The maximum Gasteiger partial charge on any atom is 0.261 e. The molecule has 100 valence electrons. The van der Waals surface area contributed by atoms with Crippen molar-refractivity contribution in [2.75, 3.05) is 10.5 Å². The van der Waals surface area contributed by atoms with Crippen LogP contribution in [0.1, 0.15) is 0 Å². The first kappa shape index (κ1) is 13.6. The van der Waals surface area contributed by atoms with Gasteiger partial charge < -0.3 is 5.73 Å². The predicted molar refractivity (Wildman–Crippen MR) is 73.1 cm³/mol. The van der Waals surface area contributed by atoms with Crippen LogP contribution in [0.3, 0.4) is 0 Å². The zero-order valence-electron chi connectivity index (χ0n) is 9.60. The van der Waals surface area contributed by atoms with Gasteiger partial charge in [0.1, 0.15) is 5.82 Å². The van der Waals surface area contributed by atoms with E-state index in [9.17, 15) is 12.8 Å². The van der Waals surface area contributed by atoms with Crippen molar-refractivity contribution in [1.82, 2.24) is 0 Å². The first-order valence-corrected chi connectivity index (χ1v) is 7.08. The zero-order valence-corrected chi connectivity index (χ0v) is 11.2. The van der Waals surface area contributed by atoms with Gasteiger partial charge in [-0.2, -0.15) is 0 Å². The summed E-state index contributed by atoms with van der Waals surface area (Å²) in [5.74, 6) is -0.695. The van der Waals surface area contributed by atoms with Gasteiger partial charge in [-0.25, -0.2) is 12.8 Å². The van der Waals surface area contributed by atoms with Crippen LogP contribution in [-0.4, -0.2) is 8.42 Å². The summed E-state index contributed by atoms with van der Waals surface area (Å²) in [5, 5.41) is -0.0737. The van der Waals surface area contributed by atoms with Crippen molar-refractivity contribution in [2.24, 2.45) is 0 Å². The van der Waals surface area contributed by atoms with Gasteiger partial charge in [0.15, 0.2) is 0 Å². The number of nitrogens with one attached hydrogen (secondary N) is 1. The van der Waals surface area contributed by atoms with Gasteiger partial charge in [0.2, 0.25) is 0 Å². The van der Waals surface area contributed by atoms with Crippen molar-refractivity contribution >= 4 is 33.0 Å². The molecule has 0 saturated carbocycles. The standard InChI is InChI=1S/C12H10ClFN2O2S/c13-11-6-3-9(7-12(11)14)16-19(17,18)10-4-1-8(15)2-5-10/h1-7,16H,15H2. The van der Waals surface area contributed by atoms with E-state index in [1.54, 1.807) is 0 Å². The molecule has 0 bridgehead atoms. The van der Waals surface area contributed by atoms with E-state index in [-0.39, 0.29) is 15.6 Å². The van der Waals surface area contributed by atoms with Crippen molar-refractivity contribution in [3.63, 3.8) is 0 Å². The highest BCUT2D eigenvalue weighted by atomic mass is 35.5. The third-order valence-electron chi connectivity index (χ3n) is 2.36. The fourth-order valence-electron chi connectivity index (χ4n) is 1.42. The monoisotopic (exact) mass is 300 g/mol. The second-order valence-electron chi connectivity index (χ2n) is 3.80. The minimum absolute atomic E-state index is 0.0389. The first-order chi connectivity index (χ1) is 8.88. The van der Waals surface area contributed by atoms with Gasteiger partial charge in [-0.1, -0.05) is 11.6 Å². The summed E-state index contributed by atoms with van der Waals surface area (Å²) in [6.45, 7) is 0. The lowest BCUT2D eigenvalue weighted by atomic mass is 10.3. The van der Waals surface area contributed by atoms with Gasteiger partial charge in [-0.05, 0) is 42.5 Å². The quantitative estimate of drug-likeness (QED) is 0.856. The molecule has 2 aromatic rings. The molecule has 0 spiro atoms. The highest BCUT2D eigenvalue weighted by Gasteiger charge is 2.14. The van der Waals surface area contributed by atoms with E-state index in [1.807, 2.05) is 0 Å². The minimum atomic E-state index is -3.78. The van der Waals surface area contributed by atoms with Crippen LogP contribution in [0.5, 0.6) is 0 Å². The number of anilines is 2. The molecule has 0 aliphatic carbocycles. The Labute approximate surface area is 115 Å². The molecule has 7 heteroatoms. The zero-order chi connectivity index (χ0) is 14.0. The second kappa shape index (κ2) is 5.07. The molecule has 2 aromatic carbocycles. The SMILES string of the molecule is Nc1ccc(S(=O)(=O)Nc2ccc(Cl)c(F)c2)cc1. The lowest BCUT2D eigenvalue weighted by Crippen LogP contribution is -2.13. The number of hydrogen-bond acceptors (Lipinski definition) is 3. The minimum Gasteiger partial charge on any atom is -0.399 e. The van der Waals surface area contributed by atoms with E-state index in [0.29, 0.717) is 5.69 Å². The number of nitrogens with two attached hydrogens (primary N) is 1. The van der Waals surface area contributed by atoms with Crippen molar-refractivity contribution in [3.8, 4) is 0 Å². The maximum absolute atomic E-state index is 13.2. The fourth-order valence-corrected chi connectivity index (χ4v) is 2.59. The number of benzene rings is 2. The van der Waals surface area contributed by atoms with Gasteiger partial charge >= 0.3 is 0 Å². The lowest BCUT2D eigenvalue weighted by Gasteiger charge is -2.08. The average molecular weight is 301 g/mol. The van der Waals surface area contributed by atoms with E-state index in [1.165, 1.54) is 36.4 Å². The molecule has 0 saturated heterocycles. The molecule has 4 nitrogen and oxygen atoms in total. The van der Waals surface area contributed by atoms with E-state index >= 15 is 0 Å². The summed E-state index contributed by atoms with van der Waals surface area (Å²) in [6, 6.07) is 9.33. The van der Waals surface area contributed by atoms with Crippen LogP contribution in [0, 0.1) is 5.82 Å². The fraction of sp³-hybridized carbons (Fsp3) is 0. The Hall–Kier alpha value is -1.79. The molecule has 0 heterocycles. The Morgan fingerprint density at radius 2 is 1.74 bits per heavy atom. The molecule has 0 fully saturated rings. The van der Waals surface area contributed by atoms with Gasteiger partial charge in [0.25, 0.3) is 10.0 Å². The van der Waals surface area contributed by atoms with Crippen molar-refractivity contribution < 1.29 is 12.8 Å². The van der Waals surface area contributed by atoms with Crippen molar-refractivity contribution in [1.29, 1.82) is 0 Å². The third kappa shape index (κ3) is 3.15. The summed E-state index contributed by atoms with van der Waals surface area (Å²) in [5.41, 5.74) is 6.03. The highest BCUT2D eigenvalue weighted by molar-refractivity contribution is 7.92. The molecule has 19 heavy (non-hydrogen) atoms. The van der Waals surface area contributed by atoms with Crippen LogP contribution in [0.25, 0.3) is 0 Å². The van der Waals surface area contributed by atoms with Crippen LogP contribution in [-0.2, 0) is 10.0 Å². The van der Waals surface area contributed by atoms with Crippen LogP contribution in [0.2, 0.25) is 5.02 Å². The third-order valence-corrected chi connectivity index (χ3v) is 4.07. The molecule has 0 amide bonds. The van der Waals surface area contributed by atoms with Gasteiger partial charge in [-0.15, -0.1) is 0 Å². The maximum atomic E-state index is 13.2. The number of nitrogen functional groups attached to an aromatic ring is 1. The molecular weight excluding hydrogens is 291 g/mol. The summed E-state index contributed by atoms with van der Waals surface area (Å²) in [6.07, 6.45) is 0. The summed E-state index contributed by atoms with van der Waals surface area (Å²) >= 11 is 5.52. The lowest BCUT2D eigenvalue weighted by molar-refractivity contribution is 0.601. The number of hydrogen-bond donors (Lipinski definition) is 2. The van der Waals surface area contributed by atoms with Gasteiger partial charge in [0, 0.05) is 5.69 Å². The largest absolute Gasteiger partial charge is 0.399 e. The summed E-state index contributed by atoms with van der Waals surface area (Å²) in [4.78, 5) is 0.0389. The molecule has 0 aromatic heterocycles.